The van der Waals surface area contributed by atoms with Gasteiger partial charge in [0.25, 0.3) is 0 Å². The van der Waals surface area contributed by atoms with Crippen LogP contribution in [-0.2, 0) is 0 Å². The molecule has 2 heterocycles. The molecule has 0 N–H and O–H groups in total. The van der Waals surface area contributed by atoms with Gasteiger partial charge in [-0.2, -0.15) is 0 Å². The molecule has 0 aliphatic heterocycles. The number of imidazole rings is 1. The lowest BCUT2D eigenvalue weighted by molar-refractivity contribution is 0.324. The number of methoxy groups -OCH3 is 5. The Bertz CT molecular complexity index is 1310. The van der Waals surface area contributed by atoms with E-state index in [-0.39, 0.29) is 6.04 Å². The van der Waals surface area contributed by atoms with Gasteiger partial charge in [0.15, 0.2) is 28.6 Å². The van der Waals surface area contributed by atoms with Crippen LogP contribution in [0.15, 0.2) is 36.7 Å². The Kier molecular flexibility index (Phi) is 6.45. The zero-order chi connectivity index (χ0) is 24.4. The van der Waals surface area contributed by atoms with Crippen molar-refractivity contribution in [3.05, 3.63) is 36.7 Å². The minimum atomic E-state index is 0.0762. The van der Waals surface area contributed by atoms with Crippen molar-refractivity contribution in [1.29, 1.82) is 0 Å². The molecule has 4 aromatic rings. The second kappa shape index (κ2) is 9.46. The Morgan fingerprint density at radius 2 is 1.32 bits per heavy atom. The van der Waals surface area contributed by atoms with Crippen molar-refractivity contribution >= 4 is 11.2 Å². The second-order valence-electron chi connectivity index (χ2n) is 7.78. The highest BCUT2D eigenvalue weighted by Crippen LogP contribution is 2.42. The first-order valence-electron chi connectivity index (χ1n) is 10.7. The molecule has 0 aliphatic rings. The Balaban J connectivity index is 1.99. The van der Waals surface area contributed by atoms with E-state index in [1.165, 1.54) is 0 Å². The van der Waals surface area contributed by atoms with Crippen LogP contribution in [0.1, 0.15) is 19.9 Å². The monoisotopic (exact) mass is 464 g/mol. The van der Waals surface area contributed by atoms with Crippen molar-refractivity contribution < 1.29 is 23.7 Å². The van der Waals surface area contributed by atoms with Crippen LogP contribution in [0.2, 0.25) is 0 Å². The quantitative estimate of drug-likeness (QED) is 0.368. The van der Waals surface area contributed by atoms with E-state index in [1.807, 2.05) is 30.3 Å². The van der Waals surface area contributed by atoms with Crippen molar-refractivity contribution in [2.75, 3.05) is 35.5 Å². The van der Waals surface area contributed by atoms with Crippen LogP contribution in [0.3, 0.4) is 0 Å². The predicted molar refractivity (Wildman–Crippen MR) is 129 cm³/mol. The molecule has 2 aromatic heterocycles. The molecule has 0 spiro atoms. The molecule has 9 nitrogen and oxygen atoms in total. The lowest BCUT2D eigenvalue weighted by Gasteiger charge is -2.16. The number of ether oxygens (including phenoxy) is 5. The third kappa shape index (κ3) is 3.83. The zero-order valence-electron chi connectivity index (χ0n) is 20.4. The number of hydrogen-bond acceptors (Lipinski definition) is 8. The summed E-state index contributed by atoms with van der Waals surface area (Å²) in [5.41, 5.74) is 3.74. The van der Waals surface area contributed by atoms with E-state index in [0.29, 0.717) is 45.8 Å². The summed E-state index contributed by atoms with van der Waals surface area (Å²) in [4.78, 5) is 14.1. The first-order valence-corrected chi connectivity index (χ1v) is 10.7. The van der Waals surface area contributed by atoms with Crippen molar-refractivity contribution in [2.45, 2.75) is 19.9 Å². The van der Waals surface area contributed by atoms with Gasteiger partial charge in [-0.3, -0.25) is 0 Å². The Hall–Kier alpha value is -4.01. The molecular formula is C25H28N4O5. The molecule has 0 radical (unpaired) electrons. The standard InChI is InChI=1S/C25H28N4O5/c1-14(2)29-24(16-11-19(32-5)23(34-7)20(12-16)33-6)28-22-21(26-13-27-25(22)29)15-8-9-17(30-3)18(10-15)31-4/h8-14H,1-7H3. The number of aromatic nitrogens is 4. The highest BCUT2D eigenvalue weighted by atomic mass is 16.5. The number of rotatable bonds is 8. The van der Waals surface area contributed by atoms with Gasteiger partial charge >= 0.3 is 0 Å². The van der Waals surface area contributed by atoms with E-state index in [0.717, 1.165) is 16.8 Å². The highest BCUT2D eigenvalue weighted by molar-refractivity contribution is 5.90. The maximum Gasteiger partial charge on any atom is 0.203 e. The van der Waals surface area contributed by atoms with E-state index in [2.05, 4.69) is 28.4 Å². The summed E-state index contributed by atoms with van der Waals surface area (Å²) in [6.07, 6.45) is 1.55. The van der Waals surface area contributed by atoms with E-state index in [1.54, 1.807) is 41.9 Å². The molecule has 0 bridgehead atoms. The Morgan fingerprint density at radius 1 is 0.706 bits per heavy atom. The van der Waals surface area contributed by atoms with Crippen LogP contribution in [0.5, 0.6) is 28.7 Å². The van der Waals surface area contributed by atoms with Gasteiger partial charge in [0.2, 0.25) is 5.75 Å². The number of fused-ring (bicyclic) bond motifs is 1. The van der Waals surface area contributed by atoms with Crippen LogP contribution >= 0.6 is 0 Å². The predicted octanol–water partition coefficient (Wildman–Crippen LogP) is 4.78. The first kappa shape index (κ1) is 23.2. The fourth-order valence-corrected chi connectivity index (χ4v) is 4.01. The molecule has 0 atom stereocenters. The minimum absolute atomic E-state index is 0.0762. The zero-order valence-corrected chi connectivity index (χ0v) is 20.4. The fraction of sp³-hybridized carbons (Fsp3) is 0.320. The summed E-state index contributed by atoms with van der Waals surface area (Å²) in [6.45, 7) is 4.17. The third-order valence-electron chi connectivity index (χ3n) is 5.57. The molecule has 0 saturated carbocycles. The lowest BCUT2D eigenvalue weighted by atomic mass is 10.1. The number of nitrogens with zero attached hydrogens (tertiary/aromatic N) is 4. The fourth-order valence-electron chi connectivity index (χ4n) is 4.01. The van der Waals surface area contributed by atoms with Gasteiger partial charge in [-0.25, -0.2) is 15.0 Å². The number of hydrogen-bond donors (Lipinski definition) is 0. The first-order chi connectivity index (χ1) is 16.5. The van der Waals surface area contributed by atoms with Gasteiger partial charge in [0.05, 0.1) is 35.5 Å². The number of benzene rings is 2. The summed E-state index contributed by atoms with van der Waals surface area (Å²) in [5.74, 6) is 3.58. The van der Waals surface area contributed by atoms with Gasteiger partial charge in [-0.1, -0.05) is 0 Å². The molecule has 4 rings (SSSR count). The normalized spacial score (nSPS) is 11.1. The van der Waals surface area contributed by atoms with Gasteiger partial charge < -0.3 is 28.3 Å². The van der Waals surface area contributed by atoms with Crippen LogP contribution in [0.25, 0.3) is 33.8 Å². The van der Waals surface area contributed by atoms with E-state index >= 15 is 0 Å². The lowest BCUT2D eigenvalue weighted by Crippen LogP contribution is -2.05. The van der Waals surface area contributed by atoms with E-state index in [9.17, 15) is 0 Å². The third-order valence-corrected chi connectivity index (χ3v) is 5.57. The van der Waals surface area contributed by atoms with E-state index in [4.69, 9.17) is 28.7 Å². The molecule has 0 unspecified atom stereocenters. The van der Waals surface area contributed by atoms with Crippen LogP contribution in [-0.4, -0.2) is 55.1 Å². The average Bonchev–Trinajstić information content (AvgIpc) is 3.27. The topological polar surface area (TPSA) is 89.8 Å². The molecule has 2 aromatic carbocycles. The summed E-state index contributed by atoms with van der Waals surface area (Å²) in [6, 6.07) is 9.50. The maximum atomic E-state index is 5.56. The van der Waals surface area contributed by atoms with Gasteiger partial charge in [0, 0.05) is 17.2 Å². The Morgan fingerprint density at radius 3 is 1.88 bits per heavy atom. The van der Waals surface area contributed by atoms with Crippen molar-refractivity contribution in [3.8, 4) is 51.4 Å². The van der Waals surface area contributed by atoms with Crippen molar-refractivity contribution in [3.63, 3.8) is 0 Å². The molecular weight excluding hydrogens is 436 g/mol. The van der Waals surface area contributed by atoms with Gasteiger partial charge in [-0.05, 0) is 44.2 Å². The van der Waals surface area contributed by atoms with Gasteiger partial charge in [-0.15, -0.1) is 0 Å². The van der Waals surface area contributed by atoms with Crippen molar-refractivity contribution in [2.24, 2.45) is 0 Å². The molecule has 0 amide bonds. The second-order valence-corrected chi connectivity index (χ2v) is 7.78. The summed E-state index contributed by atoms with van der Waals surface area (Å²) in [7, 11) is 7.97. The van der Waals surface area contributed by atoms with E-state index < -0.39 is 0 Å². The largest absolute Gasteiger partial charge is 0.493 e. The summed E-state index contributed by atoms with van der Waals surface area (Å²) in [5, 5.41) is 0. The highest BCUT2D eigenvalue weighted by Gasteiger charge is 2.23. The molecule has 0 aliphatic carbocycles. The van der Waals surface area contributed by atoms with Crippen molar-refractivity contribution in [1.82, 2.24) is 19.5 Å². The Labute approximate surface area is 198 Å². The maximum absolute atomic E-state index is 5.56. The minimum Gasteiger partial charge on any atom is -0.493 e. The van der Waals surface area contributed by atoms with Crippen LogP contribution in [0, 0.1) is 0 Å². The molecule has 34 heavy (non-hydrogen) atoms. The van der Waals surface area contributed by atoms with Crippen LogP contribution in [0.4, 0.5) is 0 Å². The van der Waals surface area contributed by atoms with Gasteiger partial charge in [0.1, 0.15) is 23.4 Å². The molecule has 9 heteroatoms. The smallest absolute Gasteiger partial charge is 0.203 e. The SMILES string of the molecule is COc1ccc(-c2ncnc3c2nc(-c2cc(OC)c(OC)c(OC)c2)n3C(C)C)cc1OC. The summed E-state index contributed by atoms with van der Waals surface area (Å²) >= 11 is 0. The molecule has 0 saturated heterocycles. The summed E-state index contributed by atoms with van der Waals surface area (Å²) < 4.78 is 29.5. The molecule has 178 valence electrons. The average molecular weight is 465 g/mol. The molecule has 0 fully saturated rings. The van der Waals surface area contributed by atoms with Crippen LogP contribution < -0.4 is 23.7 Å².